The van der Waals surface area contributed by atoms with E-state index in [0.717, 1.165) is 34.0 Å². The van der Waals surface area contributed by atoms with Crippen molar-refractivity contribution in [3.05, 3.63) is 38.3 Å². The van der Waals surface area contributed by atoms with E-state index in [1.807, 2.05) is 25.3 Å². The molecule has 0 atom stereocenters. The number of hydrogen-bond donors (Lipinski definition) is 2. The molecule has 0 saturated carbocycles. The van der Waals surface area contributed by atoms with Crippen molar-refractivity contribution in [1.82, 2.24) is 15.6 Å². The minimum Gasteiger partial charge on any atom is -0.493 e. The van der Waals surface area contributed by atoms with Gasteiger partial charge >= 0.3 is 0 Å². The van der Waals surface area contributed by atoms with E-state index in [2.05, 4.69) is 43.5 Å². The summed E-state index contributed by atoms with van der Waals surface area (Å²) in [5.74, 6) is 2.13. The topological polar surface area (TPSA) is 67.8 Å². The number of hydrogen-bond acceptors (Lipinski definition) is 5. The van der Waals surface area contributed by atoms with Crippen LogP contribution in [0.15, 0.2) is 27.8 Å². The second kappa shape index (κ2) is 10.4. The number of benzene rings is 1. The van der Waals surface area contributed by atoms with Gasteiger partial charge in [-0.2, -0.15) is 0 Å². The molecule has 0 saturated heterocycles. The summed E-state index contributed by atoms with van der Waals surface area (Å²) in [4.78, 5) is 10.4. The molecule has 0 fully saturated rings. The van der Waals surface area contributed by atoms with Crippen LogP contribution in [-0.2, 0) is 19.5 Å². The Balaban J connectivity index is 2.08. The molecule has 1 heterocycles. The number of rotatable bonds is 8. The van der Waals surface area contributed by atoms with Gasteiger partial charge in [0, 0.05) is 22.1 Å². The van der Waals surface area contributed by atoms with E-state index in [0.29, 0.717) is 24.6 Å². The lowest BCUT2D eigenvalue weighted by Gasteiger charge is -2.13. The van der Waals surface area contributed by atoms with Crippen LogP contribution in [-0.4, -0.2) is 31.7 Å². The molecule has 2 N–H and O–H groups in total. The first-order valence-corrected chi connectivity index (χ1v) is 10.1. The first-order chi connectivity index (χ1) is 12.6. The number of aromatic nitrogens is 1. The van der Waals surface area contributed by atoms with Crippen molar-refractivity contribution in [1.29, 1.82) is 0 Å². The second-order valence-corrected chi connectivity index (χ2v) is 7.48. The van der Waals surface area contributed by atoms with Crippen molar-refractivity contribution in [2.24, 2.45) is 4.99 Å². The Morgan fingerprint density at radius 1 is 1.19 bits per heavy atom. The van der Waals surface area contributed by atoms with Crippen LogP contribution in [0.25, 0.3) is 0 Å². The summed E-state index contributed by atoms with van der Waals surface area (Å²) in [5, 5.41) is 7.65. The van der Waals surface area contributed by atoms with E-state index in [1.54, 1.807) is 25.6 Å². The highest BCUT2D eigenvalue weighted by atomic mass is 79.9. The molecule has 1 aromatic carbocycles. The number of aryl methyl sites for hydroxylation is 1. The maximum atomic E-state index is 5.37. The third-order valence-electron chi connectivity index (χ3n) is 3.66. The molecular weight excluding hydrogens is 416 g/mol. The summed E-state index contributed by atoms with van der Waals surface area (Å²) in [5.41, 5.74) is 1.02. The SMILES string of the molecule is CCNC(=NCc1cc(OC)c(OC)cc1Br)NCc1ncc(CC)s1. The van der Waals surface area contributed by atoms with Crippen LogP contribution < -0.4 is 20.1 Å². The third kappa shape index (κ3) is 5.60. The van der Waals surface area contributed by atoms with Crippen LogP contribution in [0.1, 0.15) is 29.3 Å². The molecule has 0 amide bonds. The van der Waals surface area contributed by atoms with Gasteiger partial charge in [-0.1, -0.05) is 22.9 Å². The molecular formula is C18H25BrN4O2S. The van der Waals surface area contributed by atoms with Gasteiger partial charge in [0.25, 0.3) is 0 Å². The first kappa shape index (κ1) is 20.5. The lowest BCUT2D eigenvalue weighted by atomic mass is 10.2. The fourth-order valence-corrected chi connectivity index (χ4v) is 3.53. The summed E-state index contributed by atoms with van der Waals surface area (Å²) in [6.45, 7) is 6.13. The molecule has 0 aliphatic carbocycles. The number of halogens is 1. The number of thiazole rings is 1. The predicted molar refractivity (Wildman–Crippen MR) is 110 cm³/mol. The van der Waals surface area contributed by atoms with Crippen LogP contribution in [0.3, 0.4) is 0 Å². The van der Waals surface area contributed by atoms with Crippen molar-refractivity contribution in [3.8, 4) is 11.5 Å². The fraction of sp³-hybridized carbons (Fsp3) is 0.444. The van der Waals surface area contributed by atoms with E-state index >= 15 is 0 Å². The van der Waals surface area contributed by atoms with Crippen LogP contribution in [0.2, 0.25) is 0 Å². The minimum atomic E-state index is 0.508. The maximum Gasteiger partial charge on any atom is 0.191 e. The molecule has 0 radical (unpaired) electrons. The summed E-state index contributed by atoms with van der Waals surface area (Å²) in [7, 11) is 3.25. The van der Waals surface area contributed by atoms with Gasteiger partial charge in [-0.25, -0.2) is 9.98 Å². The molecule has 0 aliphatic rings. The predicted octanol–water partition coefficient (Wildman–Crippen LogP) is 3.74. The van der Waals surface area contributed by atoms with Crippen molar-refractivity contribution in [2.75, 3.05) is 20.8 Å². The van der Waals surface area contributed by atoms with Crippen LogP contribution >= 0.6 is 27.3 Å². The molecule has 142 valence electrons. The van der Waals surface area contributed by atoms with E-state index in [9.17, 15) is 0 Å². The normalized spacial score (nSPS) is 11.3. The van der Waals surface area contributed by atoms with Gasteiger partial charge in [0.1, 0.15) is 5.01 Å². The standard InChI is InChI=1S/C18H25BrN4O2S/c1-5-13-10-21-17(26-13)11-23-18(20-6-2)22-9-12-7-15(24-3)16(25-4)8-14(12)19/h7-8,10H,5-6,9,11H2,1-4H3,(H2,20,22,23). The quantitative estimate of drug-likeness (QED) is 0.483. The van der Waals surface area contributed by atoms with Crippen LogP contribution in [0.5, 0.6) is 11.5 Å². The number of nitrogens with one attached hydrogen (secondary N) is 2. The molecule has 0 aliphatic heterocycles. The Morgan fingerprint density at radius 3 is 2.54 bits per heavy atom. The van der Waals surface area contributed by atoms with Crippen molar-refractivity contribution >= 4 is 33.2 Å². The zero-order valence-electron chi connectivity index (χ0n) is 15.6. The van der Waals surface area contributed by atoms with Crippen LogP contribution in [0.4, 0.5) is 0 Å². The molecule has 8 heteroatoms. The van der Waals surface area contributed by atoms with E-state index in [4.69, 9.17) is 9.47 Å². The fourth-order valence-electron chi connectivity index (χ4n) is 2.28. The highest BCUT2D eigenvalue weighted by Crippen LogP contribution is 2.33. The number of guanidine groups is 1. The zero-order chi connectivity index (χ0) is 18.9. The largest absolute Gasteiger partial charge is 0.493 e. The van der Waals surface area contributed by atoms with Crippen molar-refractivity contribution in [3.63, 3.8) is 0 Å². The molecule has 6 nitrogen and oxygen atoms in total. The van der Waals surface area contributed by atoms with Crippen molar-refractivity contribution in [2.45, 2.75) is 33.4 Å². The Labute approximate surface area is 167 Å². The van der Waals surface area contributed by atoms with Gasteiger partial charge in [-0.3, -0.25) is 0 Å². The van der Waals surface area contributed by atoms with Crippen LogP contribution in [0, 0.1) is 0 Å². The molecule has 0 unspecified atom stereocenters. The van der Waals surface area contributed by atoms with Crippen molar-refractivity contribution < 1.29 is 9.47 Å². The lowest BCUT2D eigenvalue weighted by molar-refractivity contribution is 0.354. The van der Waals surface area contributed by atoms with Gasteiger partial charge in [-0.05, 0) is 31.0 Å². The van der Waals surface area contributed by atoms with E-state index < -0.39 is 0 Å². The second-order valence-electron chi connectivity index (χ2n) is 5.42. The summed E-state index contributed by atoms with van der Waals surface area (Å²) in [6.07, 6.45) is 2.95. The Bertz CT molecular complexity index is 749. The Kier molecular flexibility index (Phi) is 8.18. The minimum absolute atomic E-state index is 0.508. The maximum absolute atomic E-state index is 5.37. The highest BCUT2D eigenvalue weighted by Gasteiger charge is 2.10. The van der Waals surface area contributed by atoms with E-state index in [1.165, 1.54) is 4.88 Å². The zero-order valence-corrected chi connectivity index (χ0v) is 18.0. The number of aliphatic imine (C=N–C) groups is 1. The number of methoxy groups -OCH3 is 2. The molecule has 0 spiro atoms. The van der Waals surface area contributed by atoms with Gasteiger partial charge in [0.2, 0.25) is 0 Å². The Hall–Kier alpha value is -1.80. The Morgan fingerprint density at radius 2 is 1.92 bits per heavy atom. The smallest absolute Gasteiger partial charge is 0.191 e. The monoisotopic (exact) mass is 440 g/mol. The summed E-state index contributed by atoms with van der Waals surface area (Å²) < 4.78 is 11.6. The average Bonchev–Trinajstić information content (AvgIpc) is 3.12. The number of ether oxygens (including phenoxy) is 2. The lowest BCUT2D eigenvalue weighted by Crippen LogP contribution is -2.36. The summed E-state index contributed by atoms with van der Waals surface area (Å²) >= 11 is 5.30. The van der Waals surface area contributed by atoms with E-state index in [-0.39, 0.29) is 0 Å². The number of nitrogens with zero attached hydrogens (tertiary/aromatic N) is 2. The van der Waals surface area contributed by atoms with Gasteiger partial charge < -0.3 is 20.1 Å². The molecule has 2 aromatic rings. The molecule has 2 rings (SSSR count). The van der Waals surface area contributed by atoms with Gasteiger partial charge in [0.05, 0.1) is 27.3 Å². The molecule has 26 heavy (non-hydrogen) atoms. The highest BCUT2D eigenvalue weighted by molar-refractivity contribution is 9.10. The summed E-state index contributed by atoms with van der Waals surface area (Å²) in [6, 6.07) is 3.83. The average molecular weight is 441 g/mol. The third-order valence-corrected chi connectivity index (χ3v) is 5.54. The van der Waals surface area contributed by atoms with Gasteiger partial charge in [0.15, 0.2) is 17.5 Å². The molecule has 0 bridgehead atoms. The van der Waals surface area contributed by atoms with Gasteiger partial charge in [-0.15, -0.1) is 11.3 Å². The molecule has 1 aromatic heterocycles. The first-order valence-electron chi connectivity index (χ1n) is 8.47.